The van der Waals surface area contributed by atoms with Gasteiger partial charge in [0.25, 0.3) is 5.91 Å². The van der Waals surface area contributed by atoms with E-state index in [2.05, 4.69) is 25.7 Å². The molecule has 0 aliphatic carbocycles. The molecule has 0 fully saturated rings. The number of amides is 3. The summed E-state index contributed by atoms with van der Waals surface area (Å²) < 4.78 is 9.53. The Balaban J connectivity index is 1.40. The van der Waals surface area contributed by atoms with Gasteiger partial charge in [0, 0.05) is 38.3 Å². The number of nitrogens with zero attached hydrogens (tertiary/aromatic N) is 6. The van der Waals surface area contributed by atoms with Crippen molar-refractivity contribution in [2.24, 2.45) is 5.92 Å². The van der Waals surface area contributed by atoms with Crippen LogP contribution in [0.15, 0.2) is 65.6 Å². The third kappa shape index (κ3) is 7.56. The van der Waals surface area contributed by atoms with E-state index >= 15 is 0 Å². The van der Waals surface area contributed by atoms with Crippen molar-refractivity contribution in [3.8, 4) is 0 Å². The number of aryl methyl sites for hydroxylation is 1. The summed E-state index contributed by atoms with van der Waals surface area (Å²) in [7, 11) is 0. The molecule has 0 saturated carbocycles. The van der Waals surface area contributed by atoms with Gasteiger partial charge in [0.15, 0.2) is 5.76 Å². The maximum absolute atomic E-state index is 13.6. The minimum absolute atomic E-state index is 0.0120. The van der Waals surface area contributed by atoms with E-state index in [9.17, 15) is 14.4 Å². The summed E-state index contributed by atoms with van der Waals surface area (Å²) in [5, 5.41) is 10.7. The molecule has 0 saturated heterocycles. The summed E-state index contributed by atoms with van der Waals surface area (Å²) in [5.41, 5.74) is 0.937. The van der Waals surface area contributed by atoms with Crippen LogP contribution in [0.4, 0.5) is 0 Å². The highest BCUT2D eigenvalue weighted by atomic mass is 16.4. The van der Waals surface area contributed by atoms with E-state index in [1.165, 1.54) is 0 Å². The van der Waals surface area contributed by atoms with Gasteiger partial charge in [0.1, 0.15) is 23.5 Å². The lowest BCUT2D eigenvalue weighted by Gasteiger charge is -2.27. The second kappa shape index (κ2) is 13.5. The molecule has 2 N–H and O–H groups in total. The minimum atomic E-state index is -0.772. The number of rotatable bonds is 6. The molecule has 3 aromatic heterocycles. The number of furan rings is 1. The smallest absolute Gasteiger partial charge is 0.289 e. The van der Waals surface area contributed by atoms with Crippen LogP contribution in [0.1, 0.15) is 66.3 Å². The van der Waals surface area contributed by atoms with Gasteiger partial charge in [-0.05, 0) is 37.0 Å². The van der Waals surface area contributed by atoms with E-state index in [1.54, 1.807) is 41.2 Å². The van der Waals surface area contributed by atoms with Crippen LogP contribution in [-0.2, 0) is 29.1 Å². The van der Waals surface area contributed by atoms with Gasteiger partial charge in [-0.1, -0.05) is 44.2 Å². The van der Waals surface area contributed by atoms with Gasteiger partial charge >= 0.3 is 0 Å². The van der Waals surface area contributed by atoms with Gasteiger partial charge in [-0.25, -0.2) is 14.6 Å². The number of hydrogen-bond acceptors (Lipinski definition) is 7. The molecule has 12 heteroatoms. The van der Waals surface area contributed by atoms with Crippen LogP contribution in [0.5, 0.6) is 0 Å². The highest BCUT2D eigenvalue weighted by molar-refractivity contribution is 5.91. The fraction of sp³-hybridized carbons (Fsp3) is 0.419. The Morgan fingerprint density at radius 2 is 1.88 bits per heavy atom. The minimum Gasteiger partial charge on any atom is -0.454 e. The molecule has 1 aliphatic rings. The number of hydrogen-bond donors (Lipinski definition) is 2. The molecule has 1 aromatic carbocycles. The summed E-state index contributed by atoms with van der Waals surface area (Å²) in [6.45, 7) is 7.28. The fourth-order valence-electron chi connectivity index (χ4n) is 5.23. The van der Waals surface area contributed by atoms with Gasteiger partial charge < -0.3 is 24.5 Å². The summed E-state index contributed by atoms with van der Waals surface area (Å²) in [5.74, 6) is 1.24. The van der Waals surface area contributed by atoms with Crippen LogP contribution >= 0.6 is 0 Å². The lowest BCUT2D eigenvalue weighted by molar-refractivity contribution is -0.129. The number of carbonyl (C=O) groups is 3. The zero-order chi connectivity index (χ0) is 30.3. The highest BCUT2D eigenvalue weighted by Gasteiger charge is 2.30. The Bertz CT molecular complexity index is 1530. The van der Waals surface area contributed by atoms with E-state index in [4.69, 9.17) is 4.42 Å². The van der Waals surface area contributed by atoms with Crippen LogP contribution in [0.25, 0.3) is 0 Å². The first kappa shape index (κ1) is 29.7. The van der Waals surface area contributed by atoms with Crippen LogP contribution < -0.4 is 10.6 Å². The molecule has 3 amide bonds. The van der Waals surface area contributed by atoms with Crippen LogP contribution in [-0.4, -0.2) is 66.1 Å². The molecule has 2 atom stereocenters. The van der Waals surface area contributed by atoms with Crippen LogP contribution in [0, 0.1) is 12.8 Å². The third-order valence-electron chi connectivity index (χ3n) is 7.45. The van der Waals surface area contributed by atoms with Gasteiger partial charge in [0.2, 0.25) is 11.8 Å². The molecular formula is C31H38N8O4. The Hall–Kier alpha value is -4.74. The topological polar surface area (TPSA) is 140 Å². The predicted molar refractivity (Wildman–Crippen MR) is 158 cm³/mol. The fourth-order valence-corrected chi connectivity index (χ4v) is 5.23. The quantitative estimate of drug-likeness (QED) is 0.354. The monoisotopic (exact) mass is 586 g/mol. The summed E-state index contributed by atoms with van der Waals surface area (Å²) in [6.07, 6.45) is 6.12. The highest BCUT2D eigenvalue weighted by Crippen LogP contribution is 2.22. The predicted octanol–water partition coefficient (Wildman–Crippen LogP) is 2.90. The molecule has 4 aromatic rings. The molecule has 1 aliphatic heterocycles. The molecule has 226 valence electrons. The molecule has 5 rings (SSSR count). The maximum Gasteiger partial charge on any atom is 0.289 e. The SMILES string of the molecule is Cc1nc2n(n1)CCN(C(=O)c1ccc(Cn3ccnc3)o1)CCCC(=O)N[C@@H](Cc1ccccc1)C(=O)N[C@@H]2C(C)C. The van der Waals surface area contributed by atoms with Gasteiger partial charge in [-0.3, -0.25) is 14.4 Å². The van der Waals surface area contributed by atoms with Crippen LogP contribution in [0.2, 0.25) is 0 Å². The summed E-state index contributed by atoms with van der Waals surface area (Å²) in [4.78, 5) is 50.7. The molecule has 0 bridgehead atoms. The van der Waals surface area contributed by atoms with Gasteiger partial charge in [-0.2, -0.15) is 5.10 Å². The zero-order valence-electron chi connectivity index (χ0n) is 24.8. The molecule has 0 spiro atoms. The second-order valence-electron chi connectivity index (χ2n) is 11.2. The van der Waals surface area contributed by atoms with Gasteiger partial charge in [0.05, 0.1) is 25.5 Å². The second-order valence-corrected chi connectivity index (χ2v) is 11.2. The molecule has 0 unspecified atom stereocenters. The molecule has 4 heterocycles. The normalized spacial score (nSPS) is 18.6. The van der Waals surface area contributed by atoms with Crippen molar-refractivity contribution in [3.63, 3.8) is 0 Å². The molecule has 12 nitrogen and oxygen atoms in total. The molecule has 43 heavy (non-hydrogen) atoms. The Morgan fingerprint density at radius 1 is 1.07 bits per heavy atom. The lowest BCUT2D eigenvalue weighted by Crippen LogP contribution is -2.50. The van der Waals surface area contributed by atoms with Crippen molar-refractivity contribution < 1.29 is 18.8 Å². The standard InChI is InChI=1S/C31H38N8O4/c1-21(2)28-29-33-22(3)36-39(29)17-16-38(31(42)26-12-11-24(43-26)19-37-15-13-32-20-37)14-7-10-27(40)34-25(30(41)35-28)18-23-8-5-4-6-9-23/h4-6,8-9,11-13,15,20-21,25,28H,7,10,14,16-19H2,1-3H3,(H,34,40)(H,35,41)/t25-,28+/m0/s1. The van der Waals surface area contributed by atoms with E-state index < -0.39 is 12.1 Å². The summed E-state index contributed by atoms with van der Waals surface area (Å²) in [6, 6.07) is 11.8. The Kier molecular flexibility index (Phi) is 9.33. The first-order chi connectivity index (χ1) is 20.8. The van der Waals surface area contributed by atoms with E-state index in [1.807, 2.05) is 54.9 Å². The van der Waals surface area contributed by atoms with E-state index in [0.717, 1.165) is 5.56 Å². The van der Waals surface area contributed by atoms with Crippen LogP contribution in [0.3, 0.4) is 0 Å². The number of aromatic nitrogens is 5. The van der Waals surface area contributed by atoms with Crippen molar-refractivity contribution in [2.75, 3.05) is 13.1 Å². The zero-order valence-corrected chi connectivity index (χ0v) is 24.8. The Labute approximate surface area is 250 Å². The third-order valence-corrected chi connectivity index (χ3v) is 7.45. The van der Waals surface area contributed by atoms with Gasteiger partial charge in [-0.15, -0.1) is 0 Å². The van der Waals surface area contributed by atoms with Crippen molar-refractivity contribution in [1.82, 2.24) is 39.8 Å². The van der Waals surface area contributed by atoms with E-state index in [0.29, 0.717) is 56.4 Å². The number of carbonyl (C=O) groups excluding carboxylic acids is 3. The average molecular weight is 587 g/mol. The van der Waals surface area contributed by atoms with E-state index in [-0.39, 0.29) is 35.8 Å². The first-order valence-electron chi connectivity index (χ1n) is 14.7. The number of imidazole rings is 1. The number of benzene rings is 1. The van der Waals surface area contributed by atoms with Crippen molar-refractivity contribution in [2.45, 2.75) is 65.2 Å². The number of fused-ring (bicyclic) bond motifs is 1. The number of nitrogens with one attached hydrogen (secondary N) is 2. The Morgan fingerprint density at radius 3 is 2.63 bits per heavy atom. The molecular weight excluding hydrogens is 548 g/mol. The van der Waals surface area contributed by atoms with Crippen molar-refractivity contribution in [1.29, 1.82) is 0 Å². The van der Waals surface area contributed by atoms with Crippen molar-refractivity contribution >= 4 is 17.7 Å². The lowest BCUT2D eigenvalue weighted by atomic mass is 10.0. The first-order valence-corrected chi connectivity index (χ1v) is 14.7. The van der Waals surface area contributed by atoms with Crippen molar-refractivity contribution in [3.05, 3.63) is 89.9 Å². The largest absolute Gasteiger partial charge is 0.454 e. The summed E-state index contributed by atoms with van der Waals surface area (Å²) >= 11 is 0. The average Bonchev–Trinajstić information content (AvgIpc) is 3.75. The molecule has 0 radical (unpaired) electrons. The maximum atomic E-state index is 13.6.